The highest BCUT2D eigenvalue weighted by atomic mass is 16.3. The fraction of sp³-hybridized carbons (Fsp3) is 0.323. The third-order valence-corrected chi connectivity index (χ3v) is 8.78. The summed E-state index contributed by atoms with van der Waals surface area (Å²) in [5.74, 6) is 0.836. The minimum absolute atomic E-state index is 0.117. The van der Waals surface area contributed by atoms with Crippen molar-refractivity contribution in [3.05, 3.63) is 113 Å². The van der Waals surface area contributed by atoms with Crippen LogP contribution in [0.3, 0.4) is 0 Å². The van der Waals surface area contributed by atoms with Gasteiger partial charge in [0, 0.05) is 29.5 Å². The molecule has 0 radical (unpaired) electrons. The molecule has 7 rings (SSSR count). The van der Waals surface area contributed by atoms with Crippen LogP contribution in [0.1, 0.15) is 59.1 Å². The molecule has 2 bridgehead atoms. The predicted molar refractivity (Wildman–Crippen MR) is 136 cm³/mol. The fourth-order valence-corrected chi connectivity index (χ4v) is 7.14. The molecule has 0 amide bonds. The fourth-order valence-electron chi connectivity index (χ4n) is 7.14. The average molecular weight is 447 g/mol. The highest BCUT2D eigenvalue weighted by Gasteiger charge is 2.53. The minimum atomic E-state index is -0.443. The molecule has 1 aromatic heterocycles. The van der Waals surface area contributed by atoms with Crippen molar-refractivity contribution in [2.45, 2.75) is 36.7 Å². The van der Waals surface area contributed by atoms with E-state index >= 15 is 0 Å². The molecule has 4 aromatic rings. The number of benzene rings is 3. The summed E-state index contributed by atoms with van der Waals surface area (Å²) in [6.07, 6.45) is 4.68. The van der Waals surface area contributed by atoms with E-state index in [1.165, 1.54) is 17.5 Å². The Morgan fingerprint density at radius 2 is 1.53 bits per heavy atom. The predicted octanol–water partition coefficient (Wildman–Crippen LogP) is 5.82. The van der Waals surface area contributed by atoms with Crippen LogP contribution < -0.4 is 0 Å². The van der Waals surface area contributed by atoms with Gasteiger partial charge in [-0.15, -0.1) is 0 Å². The van der Waals surface area contributed by atoms with E-state index in [-0.39, 0.29) is 11.3 Å². The molecule has 2 heterocycles. The number of rotatable bonds is 4. The van der Waals surface area contributed by atoms with Crippen LogP contribution >= 0.6 is 0 Å². The van der Waals surface area contributed by atoms with E-state index in [2.05, 4.69) is 70.5 Å². The summed E-state index contributed by atoms with van der Waals surface area (Å²) in [6, 6.07) is 28.5. The van der Waals surface area contributed by atoms with Gasteiger partial charge in [0.1, 0.15) is 0 Å². The van der Waals surface area contributed by atoms with Gasteiger partial charge in [-0.05, 0) is 78.2 Å². The number of para-hydroxylation sites is 1. The van der Waals surface area contributed by atoms with E-state index in [1.807, 2.05) is 24.4 Å². The van der Waals surface area contributed by atoms with Gasteiger partial charge in [-0.25, -0.2) is 0 Å². The molecule has 3 heteroatoms. The molecular formula is C31H30N2O. The lowest BCUT2D eigenvalue weighted by Crippen LogP contribution is -2.44. The van der Waals surface area contributed by atoms with Gasteiger partial charge < -0.3 is 10.0 Å². The summed E-state index contributed by atoms with van der Waals surface area (Å²) < 4.78 is 0. The maximum Gasteiger partial charge on any atom is 0.0834 e. The zero-order valence-electron chi connectivity index (χ0n) is 19.4. The van der Waals surface area contributed by atoms with E-state index < -0.39 is 6.10 Å². The Kier molecular flexibility index (Phi) is 4.65. The van der Waals surface area contributed by atoms with E-state index in [0.717, 1.165) is 48.9 Å². The lowest BCUT2D eigenvalue weighted by molar-refractivity contribution is 0.0539. The second-order valence-corrected chi connectivity index (χ2v) is 10.5. The summed E-state index contributed by atoms with van der Waals surface area (Å²) in [5, 5.41) is 12.3. The van der Waals surface area contributed by atoms with Crippen molar-refractivity contribution in [2.75, 3.05) is 19.6 Å². The molecule has 3 aliphatic rings. The van der Waals surface area contributed by atoms with Crippen LogP contribution in [-0.2, 0) is 5.41 Å². The molecule has 170 valence electrons. The maximum atomic E-state index is 11.2. The van der Waals surface area contributed by atoms with Crippen LogP contribution in [0.4, 0.5) is 0 Å². The Labute approximate surface area is 201 Å². The molecule has 3 aromatic carbocycles. The van der Waals surface area contributed by atoms with Crippen LogP contribution in [0.15, 0.2) is 85.1 Å². The van der Waals surface area contributed by atoms with E-state index in [9.17, 15) is 5.11 Å². The number of piperidine rings is 1. The first-order valence-electron chi connectivity index (χ1n) is 12.7. The second-order valence-electron chi connectivity index (χ2n) is 10.5. The van der Waals surface area contributed by atoms with Gasteiger partial charge in [-0.1, -0.05) is 66.7 Å². The standard InChI is InChI=1S/C31H30N2O/c34-30(23-17-22-7-1-6-12-29(22)32-19-23)21-13-15-33(16-14-21)20-31-18-26(24-8-2-4-10-27(24)31)25-9-3-5-11-28(25)31/h1-12,17,19,21,26,30,34H,13-16,18,20H2/t26?,30-,31?/m0/s1. The van der Waals surface area contributed by atoms with Gasteiger partial charge in [0.05, 0.1) is 11.6 Å². The molecule has 1 atom stereocenters. The second kappa shape index (κ2) is 7.76. The molecule has 1 N–H and O–H groups in total. The number of hydrogen-bond donors (Lipinski definition) is 1. The Bertz CT molecular complexity index is 1320. The molecule has 0 saturated carbocycles. The smallest absolute Gasteiger partial charge is 0.0834 e. The van der Waals surface area contributed by atoms with Gasteiger partial charge >= 0.3 is 0 Å². The van der Waals surface area contributed by atoms with Crippen molar-refractivity contribution in [1.82, 2.24) is 9.88 Å². The molecule has 34 heavy (non-hydrogen) atoms. The lowest BCUT2D eigenvalue weighted by Gasteiger charge is -2.40. The van der Waals surface area contributed by atoms with E-state index in [0.29, 0.717) is 5.92 Å². The Morgan fingerprint density at radius 1 is 0.882 bits per heavy atom. The van der Waals surface area contributed by atoms with Crippen molar-refractivity contribution in [3.63, 3.8) is 0 Å². The number of fused-ring (bicyclic) bond motifs is 9. The zero-order valence-corrected chi connectivity index (χ0v) is 19.4. The SMILES string of the molecule is O[C@H](c1cnc2ccccc2c1)C1CCN(CC23CC(c4ccccc42)c2ccccc23)CC1. The highest BCUT2D eigenvalue weighted by molar-refractivity contribution is 5.78. The molecular weight excluding hydrogens is 416 g/mol. The Morgan fingerprint density at radius 3 is 2.26 bits per heavy atom. The summed E-state index contributed by atoms with van der Waals surface area (Å²) in [7, 11) is 0. The Balaban J connectivity index is 1.10. The van der Waals surface area contributed by atoms with Crippen LogP contribution in [0.5, 0.6) is 0 Å². The topological polar surface area (TPSA) is 36.4 Å². The lowest BCUT2D eigenvalue weighted by atomic mass is 9.74. The maximum absolute atomic E-state index is 11.2. The van der Waals surface area contributed by atoms with Gasteiger partial charge in [-0.2, -0.15) is 0 Å². The minimum Gasteiger partial charge on any atom is -0.388 e. The van der Waals surface area contributed by atoms with Gasteiger partial charge in [0.15, 0.2) is 0 Å². The number of pyridine rings is 1. The average Bonchev–Trinajstić information content (AvgIpc) is 3.41. The number of aliphatic hydroxyl groups excluding tert-OH is 1. The number of aromatic nitrogens is 1. The number of aliphatic hydroxyl groups is 1. The van der Waals surface area contributed by atoms with Crippen LogP contribution in [0.25, 0.3) is 10.9 Å². The summed E-state index contributed by atoms with van der Waals surface area (Å²) >= 11 is 0. The number of hydrogen-bond acceptors (Lipinski definition) is 3. The molecule has 0 unspecified atom stereocenters. The monoisotopic (exact) mass is 446 g/mol. The van der Waals surface area contributed by atoms with Gasteiger partial charge in [0.2, 0.25) is 0 Å². The molecule has 1 fully saturated rings. The van der Waals surface area contributed by atoms with Crippen molar-refractivity contribution >= 4 is 10.9 Å². The summed E-state index contributed by atoms with van der Waals surface area (Å²) in [6.45, 7) is 3.16. The molecule has 1 saturated heterocycles. The van der Waals surface area contributed by atoms with Crippen LogP contribution in [0.2, 0.25) is 0 Å². The first kappa shape index (κ1) is 20.4. The van der Waals surface area contributed by atoms with Crippen molar-refractivity contribution < 1.29 is 5.11 Å². The number of likely N-dealkylation sites (tertiary alicyclic amines) is 1. The van der Waals surface area contributed by atoms with Crippen molar-refractivity contribution in [2.24, 2.45) is 5.92 Å². The van der Waals surface area contributed by atoms with Gasteiger partial charge in [-0.3, -0.25) is 4.98 Å². The first-order chi connectivity index (χ1) is 16.7. The molecule has 2 aliphatic carbocycles. The first-order valence-corrected chi connectivity index (χ1v) is 12.7. The highest BCUT2D eigenvalue weighted by Crippen LogP contribution is 2.60. The van der Waals surface area contributed by atoms with Crippen molar-refractivity contribution in [3.8, 4) is 0 Å². The Hall–Kier alpha value is -3.01. The third kappa shape index (κ3) is 3.00. The number of nitrogens with zero attached hydrogens (tertiary/aromatic N) is 2. The molecule has 1 aliphatic heterocycles. The summed E-state index contributed by atoms with van der Waals surface area (Å²) in [4.78, 5) is 7.23. The quantitative estimate of drug-likeness (QED) is 0.429. The van der Waals surface area contributed by atoms with Crippen LogP contribution in [-0.4, -0.2) is 34.6 Å². The third-order valence-electron chi connectivity index (χ3n) is 8.78. The molecule has 0 spiro atoms. The zero-order chi connectivity index (χ0) is 22.7. The van der Waals surface area contributed by atoms with E-state index in [1.54, 1.807) is 11.1 Å². The molecule has 3 nitrogen and oxygen atoms in total. The van der Waals surface area contributed by atoms with Gasteiger partial charge in [0.25, 0.3) is 0 Å². The van der Waals surface area contributed by atoms with E-state index in [4.69, 9.17) is 0 Å². The van der Waals surface area contributed by atoms with Crippen molar-refractivity contribution in [1.29, 1.82) is 0 Å². The summed E-state index contributed by atoms with van der Waals surface area (Å²) in [5.41, 5.74) is 8.22. The normalized spacial score (nSPS) is 24.8. The van der Waals surface area contributed by atoms with Crippen LogP contribution in [0, 0.1) is 5.92 Å². The largest absolute Gasteiger partial charge is 0.388 e.